The van der Waals surface area contributed by atoms with Crippen LogP contribution in [0.4, 0.5) is 13.2 Å². The van der Waals surface area contributed by atoms with E-state index in [0.717, 1.165) is 0 Å². The van der Waals surface area contributed by atoms with Crippen LogP contribution in [0.2, 0.25) is 0 Å². The van der Waals surface area contributed by atoms with Crippen molar-refractivity contribution in [1.29, 1.82) is 0 Å². The predicted molar refractivity (Wildman–Crippen MR) is 46.6 cm³/mol. The van der Waals surface area contributed by atoms with Gasteiger partial charge in [0.05, 0.1) is 6.42 Å². The molecule has 1 atom stereocenters. The van der Waals surface area contributed by atoms with E-state index in [-0.39, 0.29) is 0 Å². The van der Waals surface area contributed by atoms with E-state index in [0.29, 0.717) is 0 Å². The Labute approximate surface area is 94.1 Å². The Kier molecular flexibility index (Phi) is 5.40. The van der Waals surface area contributed by atoms with Gasteiger partial charge in [0.25, 0.3) is 0 Å². The monoisotopic (exact) mass is 276 g/mol. The third-order valence-electron chi connectivity index (χ3n) is 1.19. The highest BCUT2D eigenvalue weighted by Gasteiger charge is 2.49. The van der Waals surface area contributed by atoms with Gasteiger partial charge in [-0.05, 0) is 0 Å². The van der Waals surface area contributed by atoms with E-state index in [1.165, 1.54) is 0 Å². The molecule has 0 aromatic rings. The number of aliphatic hydroxyl groups excluding tert-OH is 2. The minimum Gasteiger partial charge on any atom is -0.384 e. The topological polar surface area (TPSA) is 101 Å². The maximum Gasteiger partial charge on any atom is 0.534 e. The number of halogens is 3. The highest BCUT2D eigenvalue weighted by molar-refractivity contribution is 7.88. The van der Waals surface area contributed by atoms with E-state index in [4.69, 9.17) is 10.2 Å². The summed E-state index contributed by atoms with van der Waals surface area (Å²) in [7, 11) is -6.02. The fourth-order valence-corrected chi connectivity index (χ4v) is 0.983. The Hall–Kier alpha value is -1.31. The third kappa shape index (κ3) is 5.53. The molecule has 10 heteroatoms. The lowest BCUT2D eigenvalue weighted by atomic mass is 10.2. The minimum absolute atomic E-state index is 0.632. The second-order valence-electron chi connectivity index (χ2n) is 2.55. The fraction of sp³-hybridized carbons (Fsp3) is 0.571. The molecule has 0 saturated carbocycles. The Morgan fingerprint density at radius 2 is 1.94 bits per heavy atom. The molecule has 6 nitrogen and oxygen atoms in total. The molecule has 0 spiro atoms. The lowest BCUT2D eigenvalue weighted by molar-refractivity contribution is -0.137. The molecule has 0 aliphatic heterocycles. The average Bonchev–Trinajstić information content (AvgIpc) is 2.11. The number of carbonyl (C=O) groups is 1. The zero-order valence-electron chi connectivity index (χ0n) is 8.06. The lowest BCUT2D eigenvalue weighted by Crippen LogP contribution is -2.29. The molecular formula is C7H7F3O6S. The third-order valence-corrected chi connectivity index (χ3v) is 2.17. The van der Waals surface area contributed by atoms with Crippen molar-refractivity contribution >= 4 is 16.1 Å². The first-order valence-corrected chi connectivity index (χ1v) is 5.32. The highest BCUT2D eigenvalue weighted by Crippen LogP contribution is 2.24. The van der Waals surface area contributed by atoms with Gasteiger partial charge in [-0.25, -0.2) is 0 Å². The minimum atomic E-state index is -6.02. The van der Waals surface area contributed by atoms with E-state index < -0.39 is 40.7 Å². The van der Waals surface area contributed by atoms with Crippen molar-refractivity contribution in [1.82, 2.24) is 0 Å². The molecule has 17 heavy (non-hydrogen) atoms. The second kappa shape index (κ2) is 5.85. The van der Waals surface area contributed by atoms with Gasteiger partial charge in [0.2, 0.25) is 0 Å². The summed E-state index contributed by atoms with van der Waals surface area (Å²) in [4.78, 5) is 10.7. The van der Waals surface area contributed by atoms with Crippen LogP contribution < -0.4 is 0 Å². The number of carbonyl (C=O) groups excluding carboxylic acids is 1. The highest BCUT2D eigenvalue weighted by atomic mass is 32.2. The van der Waals surface area contributed by atoms with Crippen LogP contribution >= 0.6 is 0 Å². The quantitative estimate of drug-likeness (QED) is 0.394. The molecule has 0 heterocycles. The summed E-state index contributed by atoms with van der Waals surface area (Å²) in [6.07, 6.45) is -2.79. The SMILES string of the molecule is O=C(CC(O)C#CCO)OS(=O)(=O)C(F)(F)F. The summed E-state index contributed by atoms with van der Waals surface area (Å²) >= 11 is 0. The number of alkyl halides is 3. The first-order chi connectivity index (χ1) is 7.60. The summed E-state index contributed by atoms with van der Waals surface area (Å²) in [5, 5.41) is 17.1. The van der Waals surface area contributed by atoms with Crippen LogP contribution in [-0.2, 0) is 19.1 Å². The lowest BCUT2D eigenvalue weighted by Gasteiger charge is -2.08. The summed E-state index contributed by atoms with van der Waals surface area (Å²) < 4.78 is 59.1. The fourth-order valence-electron chi connectivity index (χ4n) is 0.576. The molecular weight excluding hydrogens is 269 g/mol. The van der Waals surface area contributed by atoms with Crippen LogP contribution in [0.5, 0.6) is 0 Å². The molecule has 98 valence electrons. The Bertz CT molecular complexity index is 429. The molecule has 1 unspecified atom stereocenters. The van der Waals surface area contributed by atoms with Crippen LogP contribution in [0.25, 0.3) is 0 Å². The van der Waals surface area contributed by atoms with Crippen molar-refractivity contribution in [3.8, 4) is 11.8 Å². The average molecular weight is 276 g/mol. The van der Waals surface area contributed by atoms with Crippen molar-refractivity contribution in [3.05, 3.63) is 0 Å². The zero-order chi connectivity index (χ0) is 13.7. The number of hydrogen-bond donors (Lipinski definition) is 2. The Balaban J connectivity index is 4.49. The smallest absolute Gasteiger partial charge is 0.384 e. The van der Waals surface area contributed by atoms with Gasteiger partial charge in [-0.1, -0.05) is 11.8 Å². The number of aliphatic hydroxyl groups is 2. The van der Waals surface area contributed by atoms with Gasteiger partial charge in [0.1, 0.15) is 12.7 Å². The van der Waals surface area contributed by atoms with E-state index >= 15 is 0 Å². The zero-order valence-corrected chi connectivity index (χ0v) is 8.88. The van der Waals surface area contributed by atoms with Crippen molar-refractivity contribution < 1.29 is 40.8 Å². The van der Waals surface area contributed by atoms with E-state index in [2.05, 4.69) is 4.18 Å². The predicted octanol–water partition coefficient (Wildman–Crippen LogP) is -0.874. The Morgan fingerprint density at radius 1 is 1.41 bits per heavy atom. The molecule has 0 rings (SSSR count). The Morgan fingerprint density at radius 3 is 2.35 bits per heavy atom. The molecule has 0 saturated heterocycles. The molecule has 0 aromatic carbocycles. The molecule has 0 aliphatic carbocycles. The molecule has 0 aliphatic rings. The van der Waals surface area contributed by atoms with E-state index in [1.807, 2.05) is 11.8 Å². The number of rotatable bonds is 3. The molecule has 0 bridgehead atoms. The van der Waals surface area contributed by atoms with E-state index in [9.17, 15) is 26.4 Å². The molecule has 0 aromatic heterocycles. The van der Waals surface area contributed by atoms with Crippen LogP contribution in [-0.4, -0.2) is 42.8 Å². The van der Waals surface area contributed by atoms with Crippen LogP contribution in [0.1, 0.15) is 6.42 Å². The van der Waals surface area contributed by atoms with Crippen molar-refractivity contribution in [2.24, 2.45) is 0 Å². The van der Waals surface area contributed by atoms with Crippen LogP contribution in [0.3, 0.4) is 0 Å². The maximum absolute atomic E-state index is 11.7. The molecule has 0 radical (unpaired) electrons. The van der Waals surface area contributed by atoms with Gasteiger partial charge >= 0.3 is 21.6 Å². The standard InChI is InChI=1S/C7H7F3O6S/c8-7(9,10)17(14,15)16-6(13)4-5(12)2-1-3-11/h5,11-12H,3-4H2. The molecule has 2 N–H and O–H groups in total. The molecule has 0 fully saturated rings. The largest absolute Gasteiger partial charge is 0.534 e. The van der Waals surface area contributed by atoms with Gasteiger partial charge in [0.15, 0.2) is 0 Å². The number of hydrogen-bond acceptors (Lipinski definition) is 6. The first-order valence-electron chi connectivity index (χ1n) is 3.91. The normalized spacial score (nSPS) is 13.5. The van der Waals surface area contributed by atoms with Crippen molar-refractivity contribution in [3.63, 3.8) is 0 Å². The summed E-state index contributed by atoms with van der Waals surface area (Å²) in [5.74, 6) is 1.99. The van der Waals surface area contributed by atoms with Gasteiger partial charge in [0, 0.05) is 0 Å². The second-order valence-corrected chi connectivity index (χ2v) is 4.09. The van der Waals surface area contributed by atoms with Gasteiger partial charge in [-0.3, -0.25) is 4.79 Å². The maximum atomic E-state index is 11.7. The summed E-state index contributed by atoms with van der Waals surface area (Å²) in [6.45, 7) is -0.632. The van der Waals surface area contributed by atoms with Crippen molar-refractivity contribution in [2.45, 2.75) is 18.0 Å². The van der Waals surface area contributed by atoms with Gasteiger partial charge < -0.3 is 14.4 Å². The summed E-state index contributed by atoms with van der Waals surface area (Å²) in [6, 6.07) is 0. The first kappa shape index (κ1) is 15.7. The van der Waals surface area contributed by atoms with Crippen LogP contribution in [0, 0.1) is 11.8 Å². The van der Waals surface area contributed by atoms with Gasteiger partial charge in [-0.15, -0.1) is 0 Å². The summed E-state index contributed by atoms with van der Waals surface area (Å²) in [5.41, 5.74) is -5.72. The van der Waals surface area contributed by atoms with Crippen molar-refractivity contribution in [2.75, 3.05) is 6.61 Å². The molecule has 0 amide bonds. The van der Waals surface area contributed by atoms with Crippen LogP contribution in [0.15, 0.2) is 0 Å². The van der Waals surface area contributed by atoms with E-state index in [1.54, 1.807) is 0 Å². The van der Waals surface area contributed by atoms with Gasteiger partial charge in [-0.2, -0.15) is 21.6 Å².